The van der Waals surface area contributed by atoms with Crippen molar-refractivity contribution in [3.05, 3.63) is 83.9 Å². The number of para-hydroxylation sites is 1. The van der Waals surface area contributed by atoms with Gasteiger partial charge in [-0.25, -0.2) is 4.39 Å². The summed E-state index contributed by atoms with van der Waals surface area (Å²) in [5.41, 5.74) is 3.77. The van der Waals surface area contributed by atoms with E-state index in [4.69, 9.17) is 4.74 Å². The van der Waals surface area contributed by atoms with Crippen LogP contribution in [-0.4, -0.2) is 22.7 Å². The van der Waals surface area contributed by atoms with Crippen molar-refractivity contribution in [1.29, 1.82) is 0 Å². The molecule has 27 heavy (non-hydrogen) atoms. The number of halogens is 1. The molecule has 5 heteroatoms. The van der Waals surface area contributed by atoms with Gasteiger partial charge in [0.05, 0.1) is 6.10 Å². The van der Waals surface area contributed by atoms with Gasteiger partial charge in [0.15, 0.2) is 0 Å². The quantitative estimate of drug-likeness (QED) is 0.722. The molecule has 3 aromatic rings. The second-order valence-corrected chi connectivity index (χ2v) is 6.75. The van der Waals surface area contributed by atoms with E-state index in [1.54, 1.807) is 18.3 Å². The zero-order chi connectivity index (χ0) is 18.6. The number of rotatable bonds is 5. The second kappa shape index (κ2) is 7.86. The van der Waals surface area contributed by atoms with Crippen LogP contribution in [0.3, 0.4) is 0 Å². The highest BCUT2D eigenvalue weighted by molar-refractivity contribution is 5.62. The molecule has 0 spiro atoms. The number of hydrogen-bond donors (Lipinski definition) is 2. The van der Waals surface area contributed by atoms with Crippen LogP contribution in [0.15, 0.2) is 67.0 Å². The predicted octanol–water partition coefficient (Wildman–Crippen LogP) is 3.86. The van der Waals surface area contributed by atoms with E-state index in [9.17, 15) is 9.50 Å². The number of aliphatic hydroxyl groups excluding tert-OH is 1. The highest BCUT2D eigenvalue weighted by atomic mass is 19.1. The third kappa shape index (κ3) is 4.15. The Kier molecular flexibility index (Phi) is 5.14. The van der Waals surface area contributed by atoms with E-state index in [0.29, 0.717) is 19.5 Å². The molecule has 0 saturated heterocycles. The molecule has 4 nitrogen and oxygen atoms in total. The van der Waals surface area contributed by atoms with Crippen molar-refractivity contribution in [2.45, 2.75) is 25.2 Å². The molecule has 0 aliphatic carbocycles. The van der Waals surface area contributed by atoms with Gasteiger partial charge in [0.25, 0.3) is 0 Å². The summed E-state index contributed by atoms with van der Waals surface area (Å²) < 4.78 is 19.1. The molecule has 2 heterocycles. The van der Waals surface area contributed by atoms with Crippen molar-refractivity contribution in [2.24, 2.45) is 0 Å². The third-order valence-corrected chi connectivity index (χ3v) is 4.73. The van der Waals surface area contributed by atoms with Gasteiger partial charge in [-0.15, -0.1) is 0 Å². The van der Waals surface area contributed by atoms with Crippen LogP contribution in [0.25, 0.3) is 11.1 Å². The first-order chi connectivity index (χ1) is 13.2. The molecule has 0 saturated carbocycles. The van der Waals surface area contributed by atoms with Crippen LogP contribution in [0.5, 0.6) is 5.75 Å². The maximum Gasteiger partial charge on any atom is 0.125 e. The van der Waals surface area contributed by atoms with Gasteiger partial charge >= 0.3 is 0 Å². The number of nitrogens with zero attached hydrogens (tertiary/aromatic N) is 1. The molecule has 2 atom stereocenters. The second-order valence-electron chi connectivity index (χ2n) is 6.75. The largest absolute Gasteiger partial charge is 0.489 e. The van der Waals surface area contributed by atoms with Crippen LogP contribution in [0.2, 0.25) is 0 Å². The summed E-state index contributed by atoms with van der Waals surface area (Å²) in [5, 5.41) is 13.7. The number of aliphatic hydroxyl groups is 1. The number of nitrogens with one attached hydrogen (secondary N) is 1. The number of benzene rings is 2. The molecule has 0 amide bonds. The smallest absolute Gasteiger partial charge is 0.125 e. The molecule has 2 N–H and O–H groups in total. The lowest BCUT2D eigenvalue weighted by atomic mass is 9.99. The van der Waals surface area contributed by atoms with Crippen molar-refractivity contribution in [2.75, 3.05) is 6.54 Å². The number of ether oxygens (including phenoxy) is 1. The number of hydrogen-bond acceptors (Lipinski definition) is 4. The van der Waals surface area contributed by atoms with E-state index in [1.165, 1.54) is 12.1 Å². The molecule has 0 radical (unpaired) electrons. The van der Waals surface area contributed by atoms with Gasteiger partial charge in [-0.2, -0.15) is 0 Å². The molecule has 4 rings (SSSR count). The Balaban J connectivity index is 1.36. The van der Waals surface area contributed by atoms with Crippen LogP contribution in [0.1, 0.15) is 23.7 Å². The van der Waals surface area contributed by atoms with Crippen molar-refractivity contribution in [3.8, 4) is 16.9 Å². The average molecular weight is 364 g/mol. The van der Waals surface area contributed by atoms with Crippen molar-refractivity contribution >= 4 is 0 Å². The first-order valence-electron chi connectivity index (χ1n) is 9.03. The molecular weight excluding hydrogens is 343 g/mol. The standard InChI is InChI=1S/C22H21FN2O2/c23-18-7-5-16(6-8-18)17-9-15(11-24-13-17)12-25-14-19-10-21(26)20-3-1-2-4-22(20)27-19/h1-9,11,13,19,21,25-26H,10,12,14H2/t19-,21+/m0/s1. The monoisotopic (exact) mass is 364 g/mol. The maximum atomic E-state index is 13.1. The van der Waals surface area contributed by atoms with E-state index < -0.39 is 6.10 Å². The van der Waals surface area contributed by atoms with Gasteiger partial charge in [-0.1, -0.05) is 30.3 Å². The Morgan fingerprint density at radius 2 is 1.89 bits per heavy atom. The van der Waals surface area contributed by atoms with E-state index in [2.05, 4.69) is 10.3 Å². The molecule has 1 aliphatic rings. The third-order valence-electron chi connectivity index (χ3n) is 4.73. The molecule has 2 aromatic carbocycles. The SMILES string of the molecule is O[C@@H]1C[C@@H](CNCc2cncc(-c3ccc(F)cc3)c2)Oc2ccccc21. The van der Waals surface area contributed by atoms with Crippen molar-refractivity contribution < 1.29 is 14.2 Å². The lowest BCUT2D eigenvalue weighted by molar-refractivity contribution is 0.0657. The average Bonchev–Trinajstić information content (AvgIpc) is 2.69. The van der Waals surface area contributed by atoms with Gasteiger partial charge in [-0.3, -0.25) is 4.98 Å². The van der Waals surface area contributed by atoms with Gasteiger partial charge in [-0.05, 0) is 35.4 Å². The lowest BCUT2D eigenvalue weighted by Crippen LogP contribution is -2.35. The van der Waals surface area contributed by atoms with E-state index >= 15 is 0 Å². The Labute approximate surface area is 157 Å². The Morgan fingerprint density at radius 1 is 1.07 bits per heavy atom. The maximum absolute atomic E-state index is 13.1. The van der Waals surface area contributed by atoms with E-state index in [0.717, 1.165) is 28.0 Å². The number of pyridine rings is 1. The van der Waals surface area contributed by atoms with Crippen LogP contribution in [0.4, 0.5) is 4.39 Å². The topological polar surface area (TPSA) is 54.4 Å². The molecular formula is C22H21FN2O2. The zero-order valence-corrected chi connectivity index (χ0v) is 14.8. The fraction of sp³-hybridized carbons (Fsp3) is 0.227. The number of aromatic nitrogens is 1. The van der Waals surface area contributed by atoms with Crippen LogP contribution in [-0.2, 0) is 6.54 Å². The zero-order valence-electron chi connectivity index (χ0n) is 14.8. The van der Waals surface area contributed by atoms with Crippen molar-refractivity contribution in [3.63, 3.8) is 0 Å². The molecule has 0 bridgehead atoms. The summed E-state index contributed by atoms with van der Waals surface area (Å²) in [6.07, 6.45) is 3.58. The summed E-state index contributed by atoms with van der Waals surface area (Å²) >= 11 is 0. The van der Waals surface area contributed by atoms with Gasteiger partial charge in [0.1, 0.15) is 17.7 Å². The number of fused-ring (bicyclic) bond motifs is 1. The molecule has 0 unspecified atom stereocenters. The van der Waals surface area contributed by atoms with Crippen LogP contribution >= 0.6 is 0 Å². The Hall–Kier alpha value is -2.76. The van der Waals surface area contributed by atoms with E-state index in [-0.39, 0.29) is 11.9 Å². The molecule has 138 valence electrons. The summed E-state index contributed by atoms with van der Waals surface area (Å²) in [6.45, 7) is 1.27. The first-order valence-corrected chi connectivity index (χ1v) is 9.03. The summed E-state index contributed by atoms with van der Waals surface area (Å²) in [4.78, 5) is 4.29. The van der Waals surface area contributed by atoms with Gasteiger partial charge in [0, 0.05) is 43.0 Å². The minimum absolute atomic E-state index is 0.0804. The molecule has 1 aliphatic heterocycles. The molecule has 1 aromatic heterocycles. The van der Waals surface area contributed by atoms with Crippen molar-refractivity contribution in [1.82, 2.24) is 10.3 Å². The fourth-order valence-corrected chi connectivity index (χ4v) is 3.35. The van der Waals surface area contributed by atoms with E-state index in [1.807, 2.05) is 36.5 Å². The predicted molar refractivity (Wildman–Crippen MR) is 102 cm³/mol. The fourth-order valence-electron chi connectivity index (χ4n) is 3.35. The summed E-state index contributed by atoms with van der Waals surface area (Å²) in [5.74, 6) is 0.504. The van der Waals surface area contributed by atoms with Crippen LogP contribution in [0, 0.1) is 5.82 Å². The highest BCUT2D eigenvalue weighted by Crippen LogP contribution is 2.34. The minimum Gasteiger partial charge on any atom is -0.489 e. The minimum atomic E-state index is -0.495. The summed E-state index contributed by atoms with van der Waals surface area (Å²) in [6, 6.07) is 16.0. The lowest BCUT2D eigenvalue weighted by Gasteiger charge is -2.29. The van der Waals surface area contributed by atoms with Gasteiger partial charge in [0.2, 0.25) is 0 Å². The Morgan fingerprint density at radius 3 is 2.74 bits per heavy atom. The van der Waals surface area contributed by atoms with Gasteiger partial charge < -0.3 is 15.2 Å². The first kappa shape index (κ1) is 17.6. The normalized spacial score (nSPS) is 18.6. The summed E-state index contributed by atoms with van der Waals surface area (Å²) in [7, 11) is 0. The van der Waals surface area contributed by atoms with Crippen LogP contribution < -0.4 is 10.1 Å². The Bertz CT molecular complexity index is 914. The molecule has 0 fully saturated rings. The highest BCUT2D eigenvalue weighted by Gasteiger charge is 2.26.